The Labute approximate surface area is 108 Å². The Bertz CT molecular complexity index is 234. The molecule has 1 atom stereocenters. The Balaban J connectivity index is 2.74. The molecule has 0 aromatic heterocycles. The van der Waals surface area contributed by atoms with Crippen LogP contribution < -0.4 is 0 Å². The van der Waals surface area contributed by atoms with E-state index in [1.807, 2.05) is 0 Å². The molecule has 1 aliphatic rings. The van der Waals surface area contributed by atoms with Gasteiger partial charge in [0.25, 0.3) is 0 Å². The van der Waals surface area contributed by atoms with Crippen molar-refractivity contribution in [3.63, 3.8) is 0 Å². The summed E-state index contributed by atoms with van der Waals surface area (Å²) in [6.07, 6.45) is 2.61. The van der Waals surface area contributed by atoms with Crippen molar-refractivity contribution in [2.24, 2.45) is 0 Å². The Morgan fingerprint density at radius 2 is 1.53 bits per heavy atom. The third-order valence-electron chi connectivity index (χ3n) is 3.91. The Morgan fingerprint density at radius 3 is 1.94 bits per heavy atom. The average molecular weight is 240 g/mol. The van der Waals surface area contributed by atoms with Crippen molar-refractivity contribution < 1.29 is 0 Å². The zero-order valence-corrected chi connectivity index (χ0v) is 13.0. The maximum Gasteiger partial charge on any atom is 0.0229 e. The largest absolute Gasteiger partial charge is 0.296 e. The maximum absolute atomic E-state index is 2.71. The van der Waals surface area contributed by atoms with Gasteiger partial charge in [0, 0.05) is 36.8 Å². The summed E-state index contributed by atoms with van der Waals surface area (Å²) in [6, 6.07) is 0.730. The first kappa shape index (κ1) is 15.0. The molecule has 1 heterocycles. The van der Waals surface area contributed by atoms with E-state index in [4.69, 9.17) is 0 Å². The van der Waals surface area contributed by atoms with Crippen LogP contribution in [-0.2, 0) is 0 Å². The smallest absolute Gasteiger partial charge is 0.0229 e. The fourth-order valence-electron chi connectivity index (χ4n) is 2.93. The molecular formula is C15H32N2. The van der Waals surface area contributed by atoms with Gasteiger partial charge < -0.3 is 0 Å². The van der Waals surface area contributed by atoms with E-state index in [0.717, 1.165) is 6.04 Å². The summed E-state index contributed by atoms with van der Waals surface area (Å²) in [5.74, 6) is 0. The summed E-state index contributed by atoms with van der Waals surface area (Å²) >= 11 is 0. The van der Waals surface area contributed by atoms with Crippen LogP contribution in [0.25, 0.3) is 0 Å². The Kier molecular flexibility index (Phi) is 4.65. The summed E-state index contributed by atoms with van der Waals surface area (Å²) < 4.78 is 0. The second-order valence-electron chi connectivity index (χ2n) is 7.42. The van der Waals surface area contributed by atoms with E-state index in [-0.39, 0.29) is 0 Å². The molecule has 2 heteroatoms. The van der Waals surface area contributed by atoms with E-state index in [9.17, 15) is 0 Å². The van der Waals surface area contributed by atoms with Gasteiger partial charge in [-0.25, -0.2) is 0 Å². The Hall–Kier alpha value is -0.0800. The Morgan fingerprint density at radius 1 is 0.941 bits per heavy atom. The number of piperazine rings is 1. The lowest BCUT2D eigenvalue weighted by molar-refractivity contribution is -0.0249. The van der Waals surface area contributed by atoms with Crippen LogP contribution in [0.3, 0.4) is 0 Å². The van der Waals surface area contributed by atoms with Crippen molar-refractivity contribution in [3.8, 4) is 0 Å². The van der Waals surface area contributed by atoms with Gasteiger partial charge in [-0.15, -0.1) is 0 Å². The second-order valence-corrected chi connectivity index (χ2v) is 7.42. The lowest BCUT2D eigenvalue weighted by Gasteiger charge is -2.51. The third-order valence-corrected chi connectivity index (χ3v) is 3.91. The fraction of sp³-hybridized carbons (Fsp3) is 1.00. The van der Waals surface area contributed by atoms with E-state index >= 15 is 0 Å². The molecule has 102 valence electrons. The predicted octanol–water partition coefficient (Wildman–Crippen LogP) is 3.37. The number of nitrogens with zero attached hydrogens (tertiary/aromatic N) is 2. The molecule has 1 fully saturated rings. The van der Waals surface area contributed by atoms with Crippen LogP contribution in [0.5, 0.6) is 0 Å². The number of hydrogen-bond acceptors (Lipinski definition) is 2. The summed E-state index contributed by atoms with van der Waals surface area (Å²) in [4.78, 5) is 5.36. The lowest BCUT2D eigenvalue weighted by Crippen LogP contribution is -2.62. The molecule has 0 bridgehead atoms. The molecule has 1 unspecified atom stereocenters. The molecule has 17 heavy (non-hydrogen) atoms. The fourth-order valence-corrected chi connectivity index (χ4v) is 2.93. The highest BCUT2D eigenvalue weighted by molar-refractivity contribution is 4.92. The van der Waals surface area contributed by atoms with Crippen LogP contribution in [0.4, 0.5) is 0 Å². The first-order valence-corrected chi connectivity index (χ1v) is 7.18. The summed E-state index contributed by atoms with van der Waals surface area (Å²) in [7, 11) is 0. The van der Waals surface area contributed by atoms with Gasteiger partial charge in [0.05, 0.1) is 0 Å². The molecule has 0 saturated carbocycles. The highest BCUT2D eigenvalue weighted by Gasteiger charge is 2.36. The van der Waals surface area contributed by atoms with Crippen LogP contribution in [0.1, 0.15) is 61.3 Å². The zero-order chi connectivity index (χ0) is 13.3. The minimum absolute atomic E-state index is 0.309. The molecule has 0 aromatic rings. The standard InChI is InChI=1S/C15H32N2/c1-8-9-13-12-16(14(2,3)4)10-11-17(13)15(5,6)7/h13H,8-12H2,1-7H3. The van der Waals surface area contributed by atoms with Crippen molar-refractivity contribution in [3.05, 3.63) is 0 Å². The minimum atomic E-state index is 0.309. The van der Waals surface area contributed by atoms with E-state index in [0.29, 0.717) is 11.1 Å². The van der Waals surface area contributed by atoms with Crippen molar-refractivity contribution in [2.75, 3.05) is 19.6 Å². The number of rotatable bonds is 2. The molecular weight excluding hydrogens is 208 g/mol. The normalized spacial score (nSPS) is 25.2. The molecule has 0 aliphatic carbocycles. The van der Waals surface area contributed by atoms with Crippen molar-refractivity contribution >= 4 is 0 Å². The van der Waals surface area contributed by atoms with E-state index in [2.05, 4.69) is 58.3 Å². The molecule has 0 N–H and O–H groups in total. The predicted molar refractivity (Wildman–Crippen MR) is 76.5 cm³/mol. The van der Waals surface area contributed by atoms with E-state index in [1.54, 1.807) is 0 Å². The summed E-state index contributed by atoms with van der Waals surface area (Å²) in [5, 5.41) is 0. The maximum atomic E-state index is 2.71. The third kappa shape index (κ3) is 3.96. The molecule has 1 saturated heterocycles. The first-order valence-electron chi connectivity index (χ1n) is 7.18. The van der Waals surface area contributed by atoms with Gasteiger partial charge in [0.1, 0.15) is 0 Å². The van der Waals surface area contributed by atoms with Crippen LogP contribution in [0.2, 0.25) is 0 Å². The van der Waals surface area contributed by atoms with Gasteiger partial charge in [0.2, 0.25) is 0 Å². The van der Waals surface area contributed by atoms with Crippen LogP contribution in [0.15, 0.2) is 0 Å². The van der Waals surface area contributed by atoms with Crippen molar-refractivity contribution in [1.29, 1.82) is 0 Å². The van der Waals surface area contributed by atoms with Crippen LogP contribution in [0, 0.1) is 0 Å². The van der Waals surface area contributed by atoms with Crippen molar-refractivity contribution in [1.82, 2.24) is 9.80 Å². The van der Waals surface area contributed by atoms with Crippen LogP contribution >= 0.6 is 0 Å². The minimum Gasteiger partial charge on any atom is -0.296 e. The van der Waals surface area contributed by atoms with E-state index in [1.165, 1.54) is 32.5 Å². The highest BCUT2D eigenvalue weighted by atomic mass is 15.3. The molecule has 0 spiro atoms. The topological polar surface area (TPSA) is 6.48 Å². The van der Waals surface area contributed by atoms with Gasteiger partial charge in [-0.05, 0) is 48.0 Å². The molecule has 2 nitrogen and oxygen atoms in total. The van der Waals surface area contributed by atoms with Gasteiger partial charge in [0.15, 0.2) is 0 Å². The monoisotopic (exact) mass is 240 g/mol. The van der Waals surface area contributed by atoms with Gasteiger partial charge in [-0.1, -0.05) is 13.3 Å². The van der Waals surface area contributed by atoms with Gasteiger partial charge in [-0.2, -0.15) is 0 Å². The van der Waals surface area contributed by atoms with Crippen LogP contribution in [-0.4, -0.2) is 46.6 Å². The summed E-state index contributed by atoms with van der Waals surface area (Å²) in [6.45, 7) is 20.0. The molecule has 1 aliphatic heterocycles. The first-order chi connectivity index (χ1) is 7.66. The zero-order valence-electron chi connectivity index (χ0n) is 13.0. The quantitative estimate of drug-likeness (QED) is 0.730. The van der Waals surface area contributed by atoms with Gasteiger partial charge in [-0.3, -0.25) is 9.80 Å². The number of hydrogen-bond donors (Lipinski definition) is 0. The van der Waals surface area contributed by atoms with Crippen molar-refractivity contribution in [2.45, 2.75) is 78.4 Å². The molecule has 1 rings (SSSR count). The highest BCUT2D eigenvalue weighted by Crippen LogP contribution is 2.27. The van der Waals surface area contributed by atoms with E-state index < -0.39 is 0 Å². The molecule has 0 radical (unpaired) electrons. The lowest BCUT2D eigenvalue weighted by atomic mass is 9.94. The van der Waals surface area contributed by atoms with Gasteiger partial charge >= 0.3 is 0 Å². The average Bonchev–Trinajstić information content (AvgIpc) is 2.15. The second kappa shape index (κ2) is 5.27. The SMILES string of the molecule is CCCC1CN(C(C)(C)C)CCN1C(C)(C)C. The molecule has 0 aromatic carbocycles. The molecule has 0 amide bonds. The summed E-state index contributed by atoms with van der Waals surface area (Å²) in [5.41, 5.74) is 0.625.